The maximum atomic E-state index is 12.9. The molecule has 0 radical (unpaired) electrons. The third kappa shape index (κ3) is 5.04. The van der Waals surface area contributed by atoms with Crippen molar-refractivity contribution < 1.29 is 4.79 Å². The average Bonchev–Trinajstić information content (AvgIpc) is 3.36. The number of aromatic amines is 1. The molecule has 0 fully saturated rings. The van der Waals surface area contributed by atoms with Gasteiger partial charge in [-0.25, -0.2) is 4.98 Å². The van der Waals surface area contributed by atoms with Gasteiger partial charge in [0.1, 0.15) is 10.7 Å². The number of hydrogen-bond acceptors (Lipinski definition) is 5. The number of carbonyl (C=O) groups is 1. The molecule has 4 rings (SSSR count). The second-order valence-corrected chi connectivity index (χ2v) is 10.3. The van der Waals surface area contributed by atoms with E-state index in [-0.39, 0.29) is 17.5 Å². The summed E-state index contributed by atoms with van der Waals surface area (Å²) >= 11 is 3.32. The van der Waals surface area contributed by atoms with E-state index in [4.69, 9.17) is 4.98 Å². The van der Waals surface area contributed by atoms with Gasteiger partial charge >= 0.3 is 0 Å². The van der Waals surface area contributed by atoms with Crippen LogP contribution in [-0.4, -0.2) is 32.6 Å². The number of aryl methyl sites for hydroxylation is 2. The first-order valence-corrected chi connectivity index (χ1v) is 13.0. The maximum Gasteiger partial charge on any atom is 0.259 e. The molecule has 5 nitrogen and oxygen atoms in total. The van der Waals surface area contributed by atoms with Gasteiger partial charge in [0.25, 0.3) is 5.56 Å². The van der Waals surface area contributed by atoms with E-state index in [1.54, 1.807) is 23.1 Å². The van der Waals surface area contributed by atoms with Crippen molar-refractivity contribution >= 4 is 39.2 Å². The first-order chi connectivity index (χ1) is 15.1. The minimum absolute atomic E-state index is 0.0121. The summed E-state index contributed by atoms with van der Waals surface area (Å²) in [5.74, 6) is 2.21. The number of nitrogens with one attached hydrogen (secondary N) is 1. The summed E-state index contributed by atoms with van der Waals surface area (Å²) in [6, 6.07) is 10.4. The Bertz CT molecular complexity index is 1110. The minimum Gasteiger partial charge on any atom is -0.336 e. The highest BCUT2D eigenvalue weighted by Crippen LogP contribution is 2.34. The molecule has 0 aliphatic heterocycles. The predicted octanol–water partition coefficient (Wildman–Crippen LogP) is 4.92. The molecule has 2 aromatic heterocycles. The summed E-state index contributed by atoms with van der Waals surface area (Å²) in [5.41, 5.74) is 2.35. The van der Waals surface area contributed by atoms with Crippen LogP contribution in [0.3, 0.4) is 0 Å². The summed E-state index contributed by atoms with van der Waals surface area (Å²) in [6.07, 6.45) is 4.62. The van der Waals surface area contributed by atoms with Crippen LogP contribution in [0.1, 0.15) is 54.9 Å². The normalized spacial score (nSPS) is 14.0. The summed E-state index contributed by atoms with van der Waals surface area (Å²) in [6.45, 7) is 4.87. The smallest absolute Gasteiger partial charge is 0.259 e. The minimum atomic E-state index is -0.0121. The van der Waals surface area contributed by atoms with Gasteiger partial charge in [0.05, 0.1) is 11.1 Å². The van der Waals surface area contributed by atoms with E-state index in [2.05, 4.69) is 31.0 Å². The van der Waals surface area contributed by atoms with Gasteiger partial charge in [0.2, 0.25) is 5.91 Å². The van der Waals surface area contributed by atoms with Gasteiger partial charge in [0, 0.05) is 29.6 Å². The number of carbonyl (C=O) groups excluding carboxylic acids is 1. The quantitative estimate of drug-likeness (QED) is 0.465. The highest BCUT2D eigenvalue weighted by atomic mass is 32.2. The molecule has 0 bridgehead atoms. The molecule has 1 atom stereocenters. The van der Waals surface area contributed by atoms with Crippen molar-refractivity contribution in [1.29, 1.82) is 0 Å². The molecular formula is C24H29N3O2S2. The molecule has 164 valence electrons. The Kier molecular flexibility index (Phi) is 7.13. The van der Waals surface area contributed by atoms with Crippen LogP contribution < -0.4 is 5.56 Å². The zero-order valence-electron chi connectivity index (χ0n) is 18.1. The van der Waals surface area contributed by atoms with Crippen molar-refractivity contribution in [2.75, 3.05) is 5.75 Å². The van der Waals surface area contributed by atoms with Crippen LogP contribution in [0.5, 0.6) is 0 Å². The van der Waals surface area contributed by atoms with Gasteiger partial charge < -0.3 is 9.88 Å². The number of benzene rings is 1. The largest absolute Gasteiger partial charge is 0.336 e. The lowest BCUT2D eigenvalue weighted by Gasteiger charge is -2.29. The third-order valence-electron chi connectivity index (χ3n) is 5.96. The Morgan fingerprint density at radius 2 is 2.10 bits per heavy atom. The second-order valence-electron chi connectivity index (χ2n) is 8.12. The summed E-state index contributed by atoms with van der Waals surface area (Å²) < 4.78 is 0. The van der Waals surface area contributed by atoms with Crippen LogP contribution in [-0.2, 0) is 29.9 Å². The van der Waals surface area contributed by atoms with Gasteiger partial charge in [-0.05, 0) is 43.7 Å². The topological polar surface area (TPSA) is 66.1 Å². The van der Waals surface area contributed by atoms with Gasteiger partial charge in [-0.1, -0.05) is 37.3 Å². The maximum absolute atomic E-state index is 12.9. The van der Waals surface area contributed by atoms with Crippen molar-refractivity contribution in [2.45, 2.75) is 64.3 Å². The standard InChI is InChI=1S/C24H29N3O2S2/c1-3-16(2)27(14-17-8-5-4-6-9-17)21(28)12-13-30-15-20-25-23(29)22-18-10-7-11-19(18)31-24(22)26-20/h4-6,8-9,16H,3,7,10-15H2,1-2H3,(H,25,26,29). The number of H-pyrrole nitrogens is 1. The summed E-state index contributed by atoms with van der Waals surface area (Å²) in [7, 11) is 0. The van der Waals surface area contributed by atoms with Crippen molar-refractivity contribution in [1.82, 2.24) is 14.9 Å². The third-order valence-corrected chi connectivity index (χ3v) is 8.12. The highest BCUT2D eigenvalue weighted by Gasteiger charge is 2.21. The molecule has 1 aromatic carbocycles. The Labute approximate surface area is 191 Å². The molecule has 1 aliphatic carbocycles. The number of amides is 1. The highest BCUT2D eigenvalue weighted by molar-refractivity contribution is 7.98. The van der Waals surface area contributed by atoms with E-state index >= 15 is 0 Å². The van der Waals surface area contributed by atoms with Crippen LogP contribution in [0.4, 0.5) is 0 Å². The van der Waals surface area contributed by atoms with Crippen LogP contribution >= 0.6 is 23.1 Å². The van der Waals surface area contributed by atoms with E-state index in [1.165, 1.54) is 10.4 Å². The number of hydrogen-bond donors (Lipinski definition) is 1. The van der Waals surface area contributed by atoms with Crippen molar-refractivity contribution in [3.8, 4) is 0 Å². The monoisotopic (exact) mass is 455 g/mol. The van der Waals surface area contributed by atoms with E-state index in [9.17, 15) is 9.59 Å². The Morgan fingerprint density at radius 3 is 2.87 bits per heavy atom. The summed E-state index contributed by atoms with van der Waals surface area (Å²) in [4.78, 5) is 37.3. The predicted molar refractivity (Wildman–Crippen MR) is 130 cm³/mol. The zero-order chi connectivity index (χ0) is 21.8. The van der Waals surface area contributed by atoms with Gasteiger partial charge in [-0.15, -0.1) is 11.3 Å². The van der Waals surface area contributed by atoms with Crippen LogP contribution in [0.2, 0.25) is 0 Å². The van der Waals surface area contributed by atoms with Gasteiger partial charge in [-0.3, -0.25) is 9.59 Å². The molecule has 2 heterocycles. The lowest BCUT2D eigenvalue weighted by atomic mass is 10.1. The number of nitrogens with zero attached hydrogens (tertiary/aromatic N) is 2. The molecule has 0 saturated heterocycles. The molecule has 31 heavy (non-hydrogen) atoms. The fourth-order valence-electron chi connectivity index (χ4n) is 4.08. The SMILES string of the molecule is CCC(C)N(Cc1ccccc1)C(=O)CCSCc1nc2sc3c(c2c(=O)[nH]1)CCC3. The van der Waals surface area contributed by atoms with E-state index in [0.29, 0.717) is 30.3 Å². The van der Waals surface area contributed by atoms with Crippen molar-refractivity contribution in [3.05, 3.63) is 62.5 Å². The number of thiophene rings is 1. The lowest BCUT2D eigenvalue weighted by Crippen LogP contribution is -2.37. The Morgan fingerprint density at radius 1 is 1.29 bits per heavy atom. The molecule has 3 aromatic rings. The van der Waals surface area contributed by atoms with Crippen molar-refractivity contribution in [2.24, 2.45) is 0 Å². The van der Waals surface area contributed by atoms with Crippen LogP contribution in [0.25, 0.3) is 10.2 Å². The lowest BCUT2D eigenvalue weighted by molar-refractivity contribution is -0.133. The Balaban J connectivity index is 1.34. The van der Waals surface area contributed by atoms with E-state index in [0.717, 1.165) is 41.5 Å². The molecular weight excluding hydrogens is 426 g/mol. The summed E-state index contributed by atoms with van der Waals surface area (Å²) in [5, 5.41) is 0.798. The average molecular weight is 456 g/mol. The second kappa shape index (κ2) is 10.0. The molecule has 1 N–H and O–H groups in total. The first-order valence-electron chi connectivity index (χ1n) is 11.0. The molecule has 1 amide bonds. The van der Waals surface area contributed by atoms with Crippen LogP contribution in [0.15, 0.2) is 35.1 Å². The molecule has 7 heteroatoms. The van der Waals surface area contributed by atoms with E-state index in [1.807, 2.05) is 23.1 Å². The molecule has 0 spiro atoms. The number of rotatable bonds is 9. The Hall–Kier alpha value is -2.12. The first kappa shape index (κ1) is 22.1. The number of fused-ring (bicyclic) bond motifs is 3. The zero-order valence-corrected chi connectivity index (χ0v) is 19.8. The van der Waals surface area contributed by atoms with Crippen molar-refractivity contribution in [3.63, 3.8) is 0 Å². The molecule has 0 saturated carbocycles. The fraction of sp³-hybridized carbons (Fsp3) is 0.458. The number of aromatic nitrogens is 2. The molecule has 1 aliphatic rings. The van der Waals surface area contributed by atoms with Gasteiger partial charge in [0.15, 0.2) is 0 Å². The molecule has 1 unspecified atom stereocenters. The van der Waals surface area contributed by atoms with E-state index < -0.39 is 0 Å². The van der Waals surface area contributed by atoms with Crippen LogP contribution in [0, 0.1) is 0 Å². The van der Waals surface area contributed by atoms with Gasteiger partial charge in [-0.2, -0.15) is 11.8 Å². The fourth-order valence-corrected chi connectivity index (χ4v) is 6.15. The number of thioether (sulfide) groups is 1.